The highest BCUT2D eigenvalue weighted by Gasteiger charge is 2.14. The number of rotatable bonds is 5. The van der Waals surface area contributed by atoms with E-state index in [1.165, 1.54) is 9.58 Å². The number of halogens is 1. The molecule has 0 aliphatic heterocycles. The maximum atomic E-state index is 11.4. The molecule has 5 aromatic rings. The molecule has 160 valence electrons. The Morgan fingerprint density at radius 3 is 2.50 bits per heavy atom. The molecule has 0 atom stereocenters. The van der Waals surface area contributed by atoms with Crippen molar-refractivity contribution in [3.8, 4) is 11.1 Å². The Morgan fingerprint density at radius 1 is 0.969 bits per heavy atom. The molecule has 2 aromatic heterocycles. The second kappa shape index (κ2) is 7.89. The maximum absolute atomic E-state index is 11.4. The second-order valence-corrected chi connectivity index (χ2v) is 9.47. The first-order valence-corrected chi connectivity index (χ1v) is 11.2. The minimum absolute atomic E-state index is 0.0316. The molecule has 0 saturated carbocycles. The number of nitrogens with zero attached hydrogens (tertiary/aromatic N) is 1. The van der Waals surface area contributed by atoms with Crippen molar-refractivity contribution in [2.45, 2.75) is 13.0 Å². The van der Waals surface area contributed by atoms with Gasteiger partial charge in [-0.2, -0.15) is 0 Å². The molecular weight excluding hydrogens is 442 g/mol. The zero-order valence-corrected chi connectivity index (χ0v) is 18.6. The van der Waals surface area contributed by atoms with Crippen molar-refractivity contribution in [2.24, 2.45) is 0 Å². The van der Waals surface area contributed by atoms with Crippen LogP contribution in [0.25, 0.3) is 32.1 Å². The molecule has 0 unspecified atom stereocenters. The van der Waals surface area contributed by atoms with Crippen molar-refractivity contribution >= 4 is 61.3 Å². The highest BCUT2D eigenvalue weighted by atomic mass is 35.5. The number of anilines is 2. The van der Waals surface area contributed by atoms with Gasteiger partial charge in [0, 0.05) is 43.1 Å². The SMILES string of the molecule is Nc1cc(N)cc(-c2ccc3c(CC(=O)O)cn(Cc4cc5cc(Cl)ccc5s4)c3c2)c1. The van der Waals surface area contributed by atoms with Crippen LogP contribution in [-0.4, -0.2) is 15.6 Å². The number of fused-ring (bicyclic) bond motifs is 2. The van der Waals surface area contributed by atoms with Crippen LogP contribution in [0, 0.1) is 0 Å². The number of nitrogen functional groups attached to an aromatic ring is 2. The van der Waals surface area contributed by atoms with Crippen molar-refractivity contribution in [1.82, 2.24) is 4.57 Å². The molecule has 2 heterocycles. The average molecular weight is 462 g/mol. The molecule has 0 bridgehead atoms. The molecule has 0 saturated heterocycles. The smallest absolute Gasteiger partial charge is 0.307 e. The number of thiophene rings is 1. The summed E-state index contributed by atoms with van der Waals surface area (Å²) in [6.07, 6.45) is 1.91. The minimum atomic E-state index is -0.853. The Bertz CT molecular complexity index is 1480. The molecule has 32 heavy (non-hydrogen) atoms. The van der Waals surface area contributed by atoms with Gasteiger partial charge in [-0.3, -0.25) is 4.79 Å². The fourth-order valence-corrected chi connectivity index (χ4v) is 5.36. The normalized spacial score (nSPS) is 11.4. The van der Waals surface area contributed by atoms with E-state index in [-0.39, 0.29) is 6.42 Å². The van der Waals surface area contributed by atoms with Gasteiger partial charge in [0.15, 0.2) is 0 Å². The topological polar surface area (TPSA) is 94.3 Å². The highest BCUT2D eigenvalue weighted by molar-refractivity contribution is 7.19. The summed E-state index contributed by atoms with van der Waals surface area (Å²) in [5.41, 5.74) is 16.8. The van der Waals surface area contributed by atoms with E-state index < -0.39 is 5.97 Å². The fraction of sp³-hybridized carbons (Fsp3) is 0.0800. The predicted molar refractivity (Wildman–Crippen MR) is 133 cm³/mol. The zero-order chi connectivity index (χ0) is 22.4. The number of hydrogen-bond donors (Lipinski definition) is 3. The third-order valence-corrected chi connectivity index (χ3v) is 6.81. The van der Waals surface area contributed by atoms with Gasteiger partial charge in [0.1, 0.15) is 0 Å². The Morgan fingerprint density at radius 2 is 1.75 bits per heavy atom. The van der Waals surface area contributed by atoms with Crippen LogP contribution in [0.4, 0.5) is 11.4 Å². The Balaban J connectivity index is 1.62. The van der Waals surface area contributed by atoms with Gasteiger partial charge in [-0.15, -0.1) is 11.3 Å². The summed E-state index contributed by atoms with van der Waals surface area (Å²) in [5.74, 6) is -0.853. The fourth-order valence-electron chi connectivity index (χ4n) is 4.14. The molecule has 0 amide bonds. The molecule has 0 spiro atoms. The predicted octanol–water partition coefficient (Wildman–Crippen LogP) is 6.02. The van der Waals surface area contributed by atoms with Crippen LogP contribution in [0.2, 0.25) is 5.02 Å². The van der Waals surface area contributed by atoms with Gasteiger partial charge in [0.25, 0.3) is 0 Å². The first kappa shape index (κ1) is 20.4. The van der Waals surface area contributed by atoms with Crippen LogP contribution >= 0.6 is 22.9 Å². The molecule has 3 aromatic carbocycles. The number of benzene rings is 3. The number of carboxylic acid groups (broad SMARTS) is 1. The van der Waals surface area contributed by atoms with Gasteiger partial charge in [0.05, 0.1) is 13.0 Å². The quantitative estimate of drug-likeness (QED) is 0.279. The lowest BCUT2D eigenvalue weighted by Gasteiger charge is -2.08. The Kier molecular flexibility index (Phi) is 5.04. The van der Waals surface area contributed by atoms with Gasteiger partial charge in [0.2, 0.25) is 0 Å². The lowest BCUT2D eigenvalue weighted by atomic mass is 10.0. The number of carboxylic acids is 1. The van der Waals surface area contributed by atoms with E-state index in [1.54, 1.807) is 17.4 Å². The number of aromatic nitrogens is 1. The number of aliphatic carboxylic acids is 1. The number of nitrogens with two attached hydrogens (primary N) is 2. The van der Waals surface area contributed by atoms with Crippen molar-refractivity contribution in [1.29, 1.82) is 0 Å². The molecule has 7 heteroatoms. The number of hydrogen-bond acceptors (Lipinski definition) is 4. The van der Waals surface area contributed by atoms with Crippen molar-refractivity contribution in [3.05, 3.63) is 82.3 Å². The molecule has 0 aliphatic rings. The Hall–Kier alpha value is -3.48. The summed E-state index contributed by atoms with van der Waals surface area (Å²) in [7, 11) is 0. The first-order chi connectivity index (χ1) is 15.4. The lowest BCUT2D eigenvalue weighted by Crippen LogP contribution is -1.99. The summed E-state index contributed by atoms with van der Waals surface area (Å²) < 4.78 is 3.28. The van der Waals surface area contributed by atoms with E-state index in [2.05, 4.69) is 16.7 Å². The monoisotopic (exact) mass is 461 g/mol. The lowest BCUT2D eigenvalue weighted by molar-refractivity contribution is -0.136. The minimum Gasteiger partial charge on any atom is -0.481 e. The zero-order valence-electron chi connectivity index (χ0n) is 17.0. The molecule has 5 nitrogen and oxygen atoms in total. The van der Waals surface area contributed by atoms with Crippen LogP contribution in [0.5, 0.6) is 0 Å². The van der Waals surface area contributed by atoms with E-state index in [0.717, 1.165) is 33.0 Å². The van der Waals surface area contributed by atoms with E-state index in [0.29, 0.717) is 22.9 Å². The standard InChI is InChI=1S/C25H20ClN3O2S/c26-18-2-4-24-16(5-18)8-21(32-24)13-29-12-17(10-25(30)31)22-3-1-14(9-23(22)29)15-6-19(27)11-20(28)7-15/h1-9,11-12H,10,13,27-28H2,(H,30,31). The molecule has 5 N–H and O–H groups in total. The molecule has 0 fully saturated rings. The molecular formula is C25H20ClN3O2S. The summed E-state index contributed by atoms with van der Waals surface area (Å²) in [6, 6.07) is 19.5. The van der Waals surface area contributed by atoms with Gasteiger partial charge in [-0.25, -0.2) is 0 Å². The highest BCUT2D eigenvalue weighted by Crippen LogP contribution is 2.33. The van der Waals surface area contributed by atoms with Crippen LogP contribution in [-0.2, 0) is 17.8 Å². The van der Waals surface area contributed by atoms with Gasteiger partial charge >= 0.3 is 5.97 Å². The van der Waals surface area contributed by atoms with Crippen LogP contribution in [0.3, 0.4) is 0 Å². The summed E-state index contributed by atoms with van der Waals surface area (Å²) in [5, 5.41) is 12.1. The third kappa shape index (κ3) is 3.90. The van der Waals surface area contributed by atoms with Gasteiger partial charge < -0.3 is 21.1 Å². The summed E-state index contributed by atoms with van der Waals surface area (Å²) in [4.78, 5) is 12.6. The molecule has 0 radical (unpaired) electrons. The maximum Gasteiger partial charge on any atom is 0.307 e. The average Bonchev–Trinajstić information content (AvgIpc) is 3.27. The van der Waals surface area contributed by atoms with Crippen molar-refractivity contribution < 1.29 is 9.90 Å². The van der Waals surface area contributed by atoms with Crippen molar-refractivity contribution in [3.63, 3.8) is 0 Å². The third-order valence-electron chi connectivity index (χ3n) is 5.47. The van der Waals surface area contributed by atoms with E-state index >= 15 is 0 Å². The molecule has 0 aliphatic carbocycles. The Labute approximate surface area is 193 Å². The van der Waals surface area contributed by atoms with E-state index in [1.807, 2.05) is 48.7 Å². The first-order valence-electron chi connectivity index (χ1n) is 10.0. The van der Waals surface area contributed by atoms with Gasteiger partial charge in [-0.1, -0.05) is 23.7 Å². The molecule has 5 rings (SSSR count). The second-order valence-electron chi connectivity index (χ2n) is 7.87. The van der Waals surface area contributed by atoms with Crippen LogP contribution < -0.4 is 11.5 Å². The largest absolute Gasteiger partial charge is 0.481 e. The van der Waals surface area contributed by atoms with Gasteiger partial charge in [-0.05, 0) is 70.6 Å². The van der Waals surface area contributed by atoms with E-state index in [9.17, 15) is 9.90 Å². The summed E-state index contributed by atoms with van der Waals surface area (Å²) >= 11 is 7.85. The van der Waals surface area contributed by atoms with Crippen molar-refractivity contribution in [2.75, 3.05) is 11.5 Å². The van der Waals surface area contributed by atoms with Crippen LogP contribution in [0.15, 0.2) is 66.9 Å². The number of carbonyl (C=O) groups is 1. The summed E-state index contributed by atoms with van der Waals surface area (Å²) in [6.45, 7) is 0.635. The van der Waals surface area contributed by atoms with E-state index in [4.69, 9.17) is 23.1 Å². The van der Waals surface area contributed by atoms with Crippen LogP contribution in [0.1, 0.15) is 10.4 Å².